The maximum Gasteiger partial charge on any atom is 0.129 e. The molecule has 0 amide bonds. The van der Waals surface area contributed by atoms with Gasteiger partial charge in [-0.25, -0.2) is 9.97 Å². The van der Waals surface area contributed by atoms with E-state index in [0.29, 0.717) is 5.15 Å². The van der Waals surface area contributed by atoms with Gasteiger partial charge in [-0.1, -0.05) is 54.1 Å². The molecule has 0 unspecified atom stereocenters. The van der Waals surface area contributed by atoms with Crippen LogP contribution < -0.4 is 0 Å². The van der Waals surface area contributed by atoms with Crippen molar-refractivity contribution in [1.82, 2.24) is 9.97 Å². The van der Waals surface area contributed by atoms with E-state index < -0.39 is 0 Å². The Kier molecular flexibility index (Phi) is 7.11. The minimum Gasteiger partial charge on any atom is -0.247 e. The molecule has 0 fully saturated rings. The molecule has 0 bridgehead atoms. The van der Waals surface area contributed by atoms with Gasteiger partial charge in [0.2, 0.25) is 0 Å². The molecule has 23 heavy (non-hydrogen) atoms. The molecular formula is C19H19ClN2S. The first-order valence-electron chi connectivity index (χ1n) is 7.33. The molecule has 2 nitrogen and oxygen atoms in total. The van der Waals surface area contributed by atoms with Crippen LogP contribution in [0, 0.1) is 13.8 Å². The number of thioether (sulfide) groups is 1. The van der Waals surface area contributed by atoms with E-state index in [1.807, 2.05) is 38.1 Å². The molecule has 118 valence electrons. The fourth-order valence-electron chi connectivity index (χ4n) is 1.84. The average Bonchev–Trinajstić information content (AvgIpc) is 2.54. The van der Waals surface area contributed by atoms with Crippen LogP contribution in [0.2, 0.25) is 5.15 Å². The van der Waals surface area contributed by atoms with Gasteiger partial charge in [0.15, 0.2) is 0 Å². The smallest absolute Gasteiger partial charge is 0.129 e. The summed E-state index contributed by atoms with van der Waals surface area (Å²) in [5.41, 5.74) is 3.37. The van der Waals surface area contributed by atoms with E-state index in [9.17, 15) is 0 Å². The number of rotatable bonds is 3. The molecule has 2 aromatic heterocycles. The Hall–Kier alpha value is -1.84. The van der Waals surface area contributed by atoms with Gasteiger partial charge in [-0.2, -0.15) is 0 Å². The first-order valence-corrected chi connectivity index (χ1v) is 8.69. The number of benzene rings is 1. The van der Waals surface area contributed by atoms with E-state index in [0.717, 1.165) is 22.2 Å². The standard InChI is InChI=1S/C13H13NS.C6H6ClN/c1-11-6-5-9-13(14-11)15-10-12-7-3-2-4-8-12;1-5-3-2-4-6(7)8-5/h2-9H,10H2,1H3;2-4H,1H3. The fourth-order valence-corrected chi connectivity index (χ4v) is 2.94. The third-order valence-electron chi connectivity index (χ3n) is 2.95. The molecule has 0 aliphatic carbocycles. The van der Waals surface area contributed by atoms with Crippen LogP contribution in [0.5, 0.6) is 0 Å². The molecule has 0 saturated carbocycles. The van der Waals surface area contributed by atoms with Crippen LogP contribution >= 0.6 is 23.4 Å². The Labute approximate surface area is 147 Å². The summed E-state index contributed by atoms with van der Waals surface area (Å²) in [6.45, 7) is 3.93. The summed E-state index contributed by atoms with van der Waals surface area (Å²) >= 11 is 7.31. The molecule has 2 heterocycles. The van der Waals surface area contributed by atoms with Gasteiger partial charge in [0.25, 0.3) is 0 Å². The first-order chi connectivity index (χ1) is 11.1. The molecule has 0 radical (unpaired) electrons. The van der Waals surface area contributed by atoms with Crippen LogP contribution in [0.1, 0.15) is 17.0 Å². The second-order valence-electron chi connectivity index (χ2n) is 4.99. The van der Waals surface area contributed by atoms with Crippen molar-refractivity contribution in [2.75, 3.05) is 0 Å². The van der Waals surface area contributed by atoms with Crippen LogP contribution in [0.3, 0.4) is 0 Å². The topological polar surface area (TPSA) is 25.8 Å². The highest BCUT2D eigenvalue weighted by Crippen LogP contribution is 2.20. The normalized spacial score (nSPS) is 9.87. The zero-order valence-electron chi connectivity index (χ0n) is 13.2. The van der Waals surface area contributed by atoms with Gasteiger partial charge in [0, 0.05) is 17.1 Å². The summed E-state index contributed by atoms with van der Waals surface area (Å²) in [5.74, 6) is 0.983. The van der Waals surface area contributed by atoms with Crippen molar-refractivity contribution in [3.63, 3.8) is 0 Å². The summed E-state index contributed by atoms with van der Waals surface area (Å²) in [6.07, 6.45) is 0. The van der Waals surface area contributed by atoms with Gasteiger partial charge in [0.05, 0.1) is 5.03 Å². The molecule has 3 rings (SSSR count). The Balaban J connectivity index is 0.000000203. The number of hydrogen-bond donors (Lipinski definition) is 0. The quantitative estimate of drug-likeness (QED) is 0.449. The highest BCUT2D eigenvalue weighted by Gasteiger charge is 1.96. The van der Waals surface area contributed by atoms with Crippen molar-refractivity contribution in [2.45, 2.75) is 24.6 Å². The first kappa shape index (κ1) is 17.5. The second-order valence-corrected chi connectivity index (χ2v) is 6.38. The molecule has 1 aromatic carbocycles. The number of aromatic nitrogens is 2. The number of pyridine rings is 2. The van der Waals surface area contributed by atoms with E-state index in [1.165, 1.54) is 5.56 Å². The van der Waals surface area contributed by atoms with Crippen molar-refractivity contribution < 1.29 is 0 Å². The zero-order valence-corrected chi connectivity index (χ0v) is 14.8. The van der Waals surface area contributed by atoms with E-state index in [1.54, 1.807) is 17.8 Å². The maximum absolute atomic E-state index is 5.53. The van der Waals surface area contributed by atoms with Gasteiger partial charge < -0.3 is 0 Å². The molecule has 0 spiro atoms. The molecule has 0 aliphatic rings. The van der Waals surface area contributed by atoms with Gasteiger partial charge in [-0.3, -0.25) is 0 Å². The average molecular weight is 343 g/mol. The SMILES string of the molecule is Cc1cccc(Cl)n1.Cc1cccc(SCc2ccccc2)n1. The molecular weight excluding hydrogens is 324 g/mol. The predicted molar refractivity (Wildman–Crippen MR) is 99.0 cm³/mol. The maximum atomic E-state index is 5.53. The molecule has 4 heteroatoms. The van der Waals surface area contributed by atoms with Crippen LogP contribution in [0.25, 0.3) is 0 Å². The number of nitrogens with zero attached hydrogens (tertiary/aromatic N) is 2. The van der Waals surface area contributed by atoms with Gasteiger partial charge in [-0.15, -0.1) is 11.8 Å². The fraction of sp³-hybridized carbons (Fsp3) is 0.158. The molecule has 3 aromatic rings. The largest absolute Gasteiger partial charge is 0.247 e. The van der Waals surface area contributed by atoms with Crippen molar-refractivity contribution in [3.8, 4) is 0 Å². The molecule has 0 N–H and O–H groups in total. The Morgan fingerprint density at radius 2 is 1.43 bits per heavy atom. The number of hydrogen-bond acceptors (Lipinski definition) is 3. The Morgan fingerprint density at radius 1 is 0.783 bits per heavy atom. The number of halogens is 1. The van der Waals surface area contributed by atoms with E-state index in [2.05, 4.69) is 46.4 Å². The van der Waals surface area contributed by atoms with Gasteiger partial charge >= 0.3 is 0 Å². The van der Waals surface area contributed by atoms with Crippen LogP contribution in [-0.2, 0) is 5.75 Å². The van der Waals surface area contributed by atoms with E-state index >= 15 is 0 Å². The third-order valence-corrected chi connectivity index (χ3v) is 4.16. The van der Waals surface area contributed by atoms with E-state index in [-0.39, 0.29) is 0 Å². The van der Waals surface area contributed by atoms with Gasteiger partial charge in [-0.05, 0) is 43.7 Å². The van der Waals surface area contributed by atoms with Crippen molar-refractivity contribution in [2.24, 2.45) is 0 Å². The lowest BCUT2D eigenvalue weighted by Gasteiger charge is -2.01. The highest BCUT2D eigenvalue weighted by molar-refractivity contribution is 7.98. The summed E-state index contributed by atoms with van der Waals surface area (Å²) in [7, 11) is 0. The third kappa shape index (κ3) is 6.85. The van der Waals surface area contributed by atoms with Crippen LogP contribution in [0.4, 0.5) is 0 Å². The predicted octanol–water partition coefficient (Wildman–Crippen LogP) is 5.73. The lowest BCUT2D eigenvalue weighted by atomic mass is 10.2. The minimum atomic E-state index is 0.560. The Bertz CT molecular complexity index is 715. The second kappa shape index (κ2) is 9.33. The molecule has 0 atom stereocenters. The Morgan fingerprint density at radius 3 is 2.00 bits per heavy atom. The summed E-state index contributed by atoms with van der Waals surface area (Å²) in [4.78, 5) is 8.39. The zero-order chi connectivity index (χ0) is 16.5. The lowest BCUT2D eigenvalue weighted by Crippen LogP contribution is -1.84. The summed E-state index contributed by atoms with van der Waals surface area (Å²) in [5, 5.41) is 1.66. The summed E-state index contributed by atoms with van der Waals surface area (Å²) < 4.78 is 0. The van der Waals surface area contributed by atoms with Crippen LogP contribution in [-0.4, -0.2) is 9.97 Å². The van der Waals surface area contributed by atoms with E-state index in [4.69, 9.17) is 11.6 Å². The van der Waals surface area contributed by atoms with Crippen molar-refractivity contribution >= 4 is 23.4 Å². The lowest BCUT2D eigenvalue weighted by molar-refractivity contribution is 1.06. The van der Waals surface area contributed by atoms with Gasteiger partial charge in [0.1, 0.15) is 5.15 Å². The van der Waals surface area contributed by atoms with Crippen molar-refractivity contribution in [1.29, 1.82) is 0 Å². The van der Waals surface area contributed by atoms with Crippen LogP contribution in [0.15, 0.2) is 71.8 Å². The number of aryl methyl sites for hydroxylation is 2. The minimum absolute atomic E-state index is 0.560. The summed E-state index contributed by atoms with van der Waals surface area (Å²) in [6, 6.07) is 22.1. The monoisotopic (exact) mass is 342 g/mol. The molecule has 0 aliphatic heterocycles. The highest BCUT2D eigenvalue weighted by atomic mass is 35.5. The van der Waals surface area contributed by atoms with Crippen molar-refractivity contribution in [3.05, 3.63) is 88.8 Å². The molecule has 0 saturated heterocycles.